The number of hydrogen-bond acceptors (Lipinski definition) is 4. The number of rotatable bonds is 3. The molecule has 1 aliphatic rings. The van der Waals surface area contributed by atoms with Gasteiger partial charge in [-0.1, -0.05) is 35.9 Å². The molecule has 0 bridgehead atoms. The molecule has 0 N–H and O–H groups in total. The Kier molecular flexibility index (Phi) is 4.85. The Morgan fingerprint density at radius 2 is 2.07 bits per heavy atom. The summed E-state index contributed by atoms with van der Waals surface area (Å²) in [6.07, 6.45) is 1.63. The summed E-state index contributed by atoms with van der Waals surface area (Å²) in [4.78, 5) is 19.1. The number of fused-ring (bicyclic) bond motifs is 1. The van der Waals surface area contributed by atoms with E-state index in [1.807, 2.05) is 49.2 Å². The molecule has 1 atom stereocenters. The molecular weight excluding hydrogens is 364 g/mol. The second kappa shape index (κ2) is 7.29. The summed E-state index contributed by atoms with van der Waals surface area (Å²) in [6, 6.07) is 10.1. The highest BCUT2D eigenvalue weighted by atomic mass is 35.5. The normalized spacial score (nSPS) is 17.4. The highest BCUT2D eigenvalue weighted by Gasteiger charge is 2.27. The smallest absolute Gasteiger partial charge is 0.244 e. The van der Waals surface area contributed by atoms with Gasteiger partial charge in [-0.3, -0.25) is 14.5 Å². The maximum absolute atomic E-state index is 12.8. The summed E-state index contributed by atoms with van der Waals surface area (Å²) < 4.78 is 7.56. The van der Waals surface area contributed by atoms with Crippen LogP contribution in [0.2, 0.25) is 5.02 Å². The van der Waals surface area contributed by atoms with Gasteiger partial charge < -0.3 is 9.64 Å². The summed E-state index contributed by atoms with van der Waals surface area (Å²) in [5.74, 6) is 0.00589. The highest BCUT2D eigenvalue weighted by molar-refractivity contribution is 6.31. The fraction of sp³-hybridized carbons (Fsp3) is 0.350. The summed E-state index contributed by atoms with van der Waals surface area (Å²) in [5, 5.41) is 7.17. The minimum absolute atomic E-state index is 0.00589. The predicted molar refractivity (Wildman–Crippen MR) is 104 cm³/mol. The van der Waals surface area contributed by atoms with Crippen molar-refractivity contribution in [3.05, 3.63) is 58.6 Å². The first-order chi connectivity index (χ1) is 13.0. The topological polar surface area (TPSA) is 60.2 Å². The molecule has 3 heterocycles. The zero-order valence-electron chi connectivity index (χ0n) is 15.4. The molecular formula is C20H21ClN4O2. The van der Waals surface area contributed by atoms with E-state index in [2.05, 4.69) is 16.1 Å². The number of morpholine rings is 1. The molecule has 0 saturated carbocycles. The molecule has 2 aromatic heterocycles. The first-order valence-electron chi connectivity index (χ1n) is 8.96. The average molecular weight is 385 g/mol. The fourth-order valence-electron chi connectivity index (χ4n) is 3.39. The second-order valence-electron chi connectivity index (χ2n) is 6.80. The molecule has 0 spiro atoms. The number of ether oxygens (including phenoxy) is 1. The Bertz CT molecular complexity index is 1000. The van der Waals surface area contributed by atoms with E-state index in [0.717, 1.165) is 27.9 Å². The molecule has 0 aliphatic carbocycles. The van der Waals surface area contributed by atoms with Gasteiger partial charge in [0, 0.05) is 18.1 Å². The number of benzene rings is 1. The van der Waals surface area contributed by atoms with E-state index in [-0.39, 0.29) is 18.6 Å². The van der Waals surface area contributed by atoms with Gasteiger partial charge >= 0.3 is 0 Å². The molecule has 140 valence electrons. The van der Waals surface area contributed by atoms with Crippen molar-refractivity contribution in [2.45, 2.75) is 26.5 Å². The quantitative estimate of drug-likeness (QED) is 0.695. The zero-order valence-corrected chi connectivity index (χ0v) is 16.1. The first kappa shape index (κ1) is 17.9. The Balaban J connectivity index is 1.49. The van der Waals surface area contributed by atoms with Gasteiger partial charge in [-0.2, -0.15) is 5.10 Å². The Labute approximate surface area is 162 Å². The number of aromatic nitrogens is 3. The van der Waals surface area contributed by atoms with E-state index >= 15 is 0 Å². The lowest BCUT2D eigenvalue weighted by Crippen LogP contribution is -2.44. The van der Waals surface area contributed by atoms with Crippen LogP contribution in [0.25, 0.3) is 10.8 Å². The van der Waals surface area contributed by atoms with Gasteiger partial charge in [0.2, 0.25) is 5.91 Å². The van der Waals surface area contributed by atoms with E-state index in [0.29, 0.717) is 24.7 Å². The van der Waals surface area contributed by atoms with Crippen LogP contribution in [0.1, 0.15) is 23.2 Å². The Morgan fingerprint density at radius 3 is 2.81 bits per heavy atom. The van der Waals surface area contributed by atoms with Crippen LogP contribution in [0.4, 0.5) is 0 Å². The van der Waals surface area contributed by atoms with Crippen molar-refractivity contribution in [2.75, 3.05) is 19.7 Å². The van der Waals surface area contributed by atoms with Crippen molar-refractivity contribution in [3.63, 3.8) is 0 Å². The minimum Gasteiger partial charge on any atom is -0.368 e. The van der Waals surface area contributed by atoms with Gasteiger partial charge in [-0.05, 0) is 25.3 Å². The molecule has 1 saturated heterocycles. The number of aryl methyl sites for hydroxylation is 1. The average Bonchev–Trinajstić information content (AvgIpc) is 2.94. The number of pyridine rings is 1. The van der Waals surface area contributed by atoms with E-state index in [4.69, 9.17) is 16.3 Å². The Morgan fingerprint density at radius 1 is 1.30 bits per heavy atom. The van der Waals surface area contributed by atoms with Crippen LogP contribution in [0.5, 0.6) is 0 Å². The Hall–Kier alpha value is -2.44. The molecule has 1 fully saturated rings. The van der Waals surface area contributed by atoms with E-state index in [1.54, 1.807) is 4.68 Å². The molecule has 3 aromatic rings. The van der Waals surface area contributed by atoms with E-state index in [9.17, 15) is 4.79 Å². The third kappa shape index (κ3) is 3.55. The van der Waals surface area contributed by atoms with Gasteiger partial charge in [0.15, 0.2) is 0 Å². The monoisotopic (exact) mass is 384 g/mol. The number of hydrogen-bond donors (Lipinski definition) is 0. The number of halogens is 1. The third-order valence-electron chi connectivity index (χ3n) is 4.98. The van der Waals surface area contributed by atoms with Crippen molar-refractivity contribution >= 4 is 28.3 Å². The lowest BCUT2D eigenvalue weighted by molar-refractivity contribution is -0.140. The SMILES string of the molecule is Cc1nn(CC(=O)N2CCOC(c3cc4ccccc4cn3)C2)c(C)c1Cl. The highest BCUT2D eigenvalue weighted by Crippen LogP contribution is 2.24. The van der Waals surface area contributed by atoms with Crippen molar-refractivity contribution in [1.29, 1.82) is 0 Å². The van der Waals surface area contributed by atoms with E-state index < -0.39 is 0 Å². The molecule has 1 aliphatic heterocycles. The molecule has 1 amide bonds. The minimum atomic E-state index is -0.226. The van der Waals surface area contributed by atoms with E-state index in [1.165, 1.54) is 0 Å². The largest absolute Gasteiger partial charge is 0.368 e. The van der Waals surface area contributed by atoms with Crippen molar-refractivity contribution in [1.82, 2.24) is 19.7 Å². The maximum Gasteiger partial charge on any atom is 0.244 e. The van der Waals surface area contributed by atoms with Crippen LogP contribution in [0.3, 0.4) is 0 Å². The van der Waals surface area contributed by atoms with Crippen molar-refractivity contribution < 1.29 is 9.53 Å². The molecule has 1 aromatic carbocycles. The predicted octanol–water partition coefficient (Wildman–Crippen LogP) is 3.30. The number of nitrogens with zero attached hydrogens (tertiary/aromatic N) is 4. The van der Waals surface area contributed by atoms with Gasteiger partial charge in [0.05, 0.1) is 35.3 Å². The molecule has 0 radical (unpaired) electrons. The summed E-state index contributed by atoms with van der Waals surface area (Å²) in [5.41, 5.74) is 2.39. The van der Waals surface area contributed by atoms with Crippen LogP contribution in [-0.2, 0) is 16.1 Å². The van der Waals surface area contributed by atoms with Gasteiger partial charge in [-0.25, -0.2) is 0 Å². The van der Waals surface area contributed by atoms with Gasteiger partial charge in [0.25, 0.3) is 0 Å². The number of amides is 1. The lowest BCUT2D eigenvalue weighted by atomic mass is 10.1. The molecule has 7 heteroatoms. The molecule has 27 heavy (non-hydrogen) atoms. The maximum atomic E-state index is 12.8. The zero-order chi connectivity index (χ0) is 19.0. The summed E-state index contributed by atoms with van der Waals surface area (Å²) in [6.45, 7) is 5.43. The molecule has 4 rings (SSSR count). The lowest BCUT2D eigenvalue weighted by Gasteiger charge is -2.32. The summed E-state index contributed by atoms with van der Waals surface area (Å²) in [7, 11) is 0. The number of carbonyl (C=O) groups excluding carboxylic acids is 1. The third-order valence-corrected chi connectivity index (χ3v) is 5.53. The summed E-state index contributed by atoms with van der Waals surface area (Å²) >= 11 is 6.18. The van der Waals surface area contributed by atoms with Crippen LogP contribution in [-0.4, -0.2) is 45.3 Å². The van der Waals surface area contributed by atoms with Gasteiger partial charge in [-0.15, -0.1) is 0 Å². The first-order valence-corrected chi connectivity index (χ1v) is 9.34. The van der Waals surface area contributed by atoms with Crippen LogP contribution in [0, 0.1) is 13.8 Å². The van der Waals surface area contributed by atoms with Crippen LogP contribution in [0.15, 0.2) is 36.5 Å². The second-order valence-corrected chi connectivity index (χ2v) is 7.18. The van der Waals surface area contributed by atoms with Crippen molar-refractivity contribution in [3.8, 4) is 0 Å². The van der Waals surface area contributed by atoms with Gasteiger partial charge in [0.1, 0.15) is 12.6 Å². The van der Waals surface area contributed by atoms with Crippen molar-refractivity contribution in [2.24, 2.45) is 0 Å². The number of carbonyl (C=O) groups is 1. The fourth-order valence-corrected chi connectivity index (χ4v) is 3.52. The standard InChI is InChI=1S/C20H21ClN4O2/c1-13-20(21)14(2)25(23-13)12-19(26)24-7-8-27-18(11-24)17-9-15-5-3-4-6-16(15)10-22-17/h3-6,9-10,18H,7-8,11-12H2,1-2H3. The molecule has 6 nitrogen and oxygen atoms in total. The van der Waals surface area contributed by atoms with Crippen LogP contribution >= 0.6 is 11.6 Å². The molecule has 1 unspecified atom stereocenters. The van der Waals surface area contributed by atoms with Crippen LogP contribution < -0.4 is 0 Å².